The molecule has 1 rings (SSSR count). The first-order valence-corrected chi connectivity index (χ1v) is 5.59. The highest BCUT2D eigenvalue weighted by atomic mass is 16.3. The molecule has 3 N–H and O–H groups in total. The van der Waals surface area contributed by atoms with Crippen molar-refractivity contribution in [1.29, 1.82) is 0 Å². The molecule has 0 heterocycles. The smallest absolute Gasteiger partial charge is 0.226 e. The zero-order valence-electron chi connectivity index (χ0n) is 10.6. The van der Waals surface area contributed by atoms with Gasteiger partial charge in [-0.3, -0.25) is 4.79 Å². The third-order valence-corrected chi connectivity index (χ3v) is 2.36. The lowest BCUT2D eigenvalue weighted by atomic mass is 10.1. The van der Waals surface area contributed by atoms with Crippen LogP contribution in [0.2, 0.25) is 0 Å². The summed E-state index contributed by atoms with van der Waals surface area (Å²) in [6.45, 7) is 3.67. The van der Waals surface area contributed by atoms with Gasteiger partial charge in [0, 0.05) is 19.3 Å². The molecular weight excluding hydrogens is 216 g/mol. The quantitative estimate of drug-likeness (QED) is 0.768. The molecule has 0 aromatic heterocycles. The number of anilines is 1. The van der Waals surface area contributed by atoms with Crippen LogP contribution in [0.4, 0.5) is 5.69 Å². The number of carbonyl (C=O) groups excluding carboxylic acids is 1. The molecule has 0 spiro atoms. The Kier molecular flexibility index (Phi) is 4.12. The Hall–Kier alpha value is -1.55. The molecule has 17 heavy (non-hydrogen) atoms. The Morgan fingerprint density at radius 3 is 2.65 bits per heavy atom. The van der Waals surface area contributed by atoms with E-state index < -0.39 is 5.60 Å². The van der Waals surface area contributed by atoms with Crippen molar-refractivity contribution in [3.8, 4) is 0 Å². The molecule has 0 aliphatic rings. The van der Waals surface area contributed by atoms with Crippen LogP contribution in [-0.2, 0) is 11.2 Å². The number of aliphatic hydroxyl groups is 1. The Morgan fingerprint density at radius 2 is 2.12 bits per heavy atom. The van der Waals surface area contributed by atoms with Gasteiger partial charge in [-0.1, -0.05) is 12.1 Å². The molecule has 1 aromatic carbocycles. The van der Waals surface area contributed by atoms with Gasteiger partial charge < -0.3 is 15.7 Å². The second-order valence-corrected chi connectivity index (χ2v) is 4.98. The summed E-state index contributed by atoms with van der Waals surface area (Å²) in [6, 6.07) is 7.27. The van der Waals surface area contributed by atoms with Crippen molar-refractivity contribution in [2.45, 2.75) is 25.9 Å². The average molecular weight is 236 g/mol. The van der Waals surface area contributed by atoms with Crippen LogP contribution >= 0.6 is 0 Å². The number of hydrogen-bond acceptors (Lipinski definition) is 3. The topological polar surface area (TPSA) is 66.6 Å². The third kappa shape index (κ3) is 4.87. The summed E-state index contributed by atoms with van der Waals surface area (Å²) in [5.74, 6) is -0.0299. The summed E-state index contributed by atoms with van der Waals surface area (Å²) < 4.78 is 0. The molecule has 4 heteroatoms. The predicted molar refractivity (Wildman–Crippen MR) is 68.5 cm³/mol. The largest absolute Gasteiger partial charge is 0.399 e. The zero-order valence-corrected chi connectivity index (χ0v) is 10.6. The Bertz CT molecular complexity index is 397. The molecule has 0 aliphatic carbocycles. The second-order valence-electron chi connectivity index (χ2n) is 4.98. The second kappa shape index (κ2) is 5.19. The molecule has 0 bridgehead atoms. The van der Waals surface area contributed by atoms with Gasteiger partial charge in [0.25, 0.3) is 0 Å². The molecule has 94 valence electrons. The van der Waals surface area contributed by atoms with Crippen LogP contribution in [0.1, 0.15) is 19.4 Å². The van der Waals surface area contributed by atoms with E-state index in [0.29, 0.717) is 18.7 Å². The van der Waals surface area contributed by atoms with Crippen molar-refractivity contribution in [3.05, 3.63) is 29.8 Å². The highest BCUT2D eigenvalue weighted by Gasteiger charge is 2.19. The van der Waals surface area contributed by atoms with Crippen molar-refractivity contribution in [3.63, 3.8) is 0 Å². The van der Waals surface area contributed by atoms with Crippen LogP contribution in [0.3, 0.4) is 0 Å². The van der Waals surface area contributed by atoms with Crippen LogP contribution in [0, 0.1) is 0 Å². The van der Waals surface area contributed by atoms with E-state index in [1.807, 2.05) is 12.1 Å². The third-order valence-electron chi connectivity index (χ3n) is 2.36. The van der Waals surface area contributed by atoms with E-state index in [4.69, 9.17) is 5.73 Å². The molecule has 0 saturated heterocycles. The fourth-order valence-corrected chi connectivity index (χ4v) is 1.68. The van der Waals surface area contributed by atoms with Crippen molar-refractivity contribution in [1.82, 2.24) is 4.90 Å². The lowest BCUT2D eigenvalue weighted by molar-refractivity contribution is -0.131. The summed E-state index contributed by atoms with van der Waals surface area (Å²) in [5.41, 5.74) is 6.31. The minimum absolute atomic E-state index is 0.0299. The number of benzene rings is 1. The fourth-order valence-electron chi connectivity index (χ4n) is 1.68. The lowest BCUT2D eigenvalue weighted by Crippen LogP contribution is -2.40. The molecular formula is C13H20N2O2. The number of carbonyl (C=O) groups is 1. The van der Waals surface area contributed by atoms with Gasteiger partial charge in [0.05, 0.1) is 12.0 Å². The fraction of sp³-hybridized carbons (Fsp3) is 0.462. The number of nitrogens with two attached hydrogens (primary N) is 1. The number of nitrogen functional groups attached to an aromatic ring is 1. The molecule has 0 radical (unpaired) electrons. The van der Waals surface area contributed by atoms with E-state index in [9.17, 15) is 9.90 Å². The number of nitrogens with zero attached hydrogens (tertiary/aromatic N) is 1. The van der Waals surface area contributed by atoms with Gasteiger partial charge in [0.2, 0.25) is 5.91 Å². The van der Waals surface area contributed by atoms with Gasteiger partial charge in [0.1, 0.15) is 0 Å². The van der Waals surface area contributed by atoms with Crippen molar-refractivity contribution < 1.29 is 9.90 Å². The lowest BCUT2D eigenvalue weighted by Gasteiger charge is -2.25. The van der Waals surface area contributed by atoms with E-state index in [2.05, 4.69) is 0 Å². The predicted octanol–water partition coefficient (Wildman–Crippen LogP) is 1.04. The highest BCUT2D eigenvalue weighted by molar-refractivity contribution is 5.78. The molecule has 1 amide bonds. The summed E-state index contributed by atoms with van der Waals surface area (Å²) in [6.07, 6.45) is 0.303. The van der Waals surface area contributed by atoms with Gasteiger partial charge in [-0.15, -0.1) is 0 Å². The first kappa shape index (κ1) is 13.5. The SMILES string of the molecule is CN(CC(C)(C)O)C(=O)Cc1cccc(N)c1. The first-order chi connectivity index (χ1) is 7.78. The Morgan fingerprint density at radius 1 is 1.47 bits per heavy atom. The minimum atomic E-state index is -0.875. The normalized spacial score (nSPS) is 11.3. The number of amides is 1. The Balaban J connectivity index is 2.60. The maximum Gasteiger partial charge on any atom is 0.226 e. The van der Waals surface area contributed by atoms with Crippen LogP contribution in [0.5, 0.6) is 0 Å². The minimum Gasteiger partial charge on any atom is -0.399 e. The zero-order chi connectivity index (χ0) is 13.1. The van der Waals surface area contributed by atoms with Crippen molar-refractivity contribution >= 4 is 11.6 Å². The van der Waals surface area contributed by atoms with E-state index in [1.165, 1.54) is 4.90 Å². The standard InChI is InChI=1S/C13H20N2O2/c1-13(2,17)9-15(3)12(16)8-10-5-4-6-11(14)7-10/h4-7,17H,8-9,14H2,1-3H3. The van der Waals surface area contributed by atoms with E-state index in [0.717, 1.165) is 5.56 Å². The molecule has 1 aromatic rings. The van der Waals surface area contributed by atoms with Crippen LogP contribution in [0.15, 0.2) is 24.3 Å². The van der Waals surface area contributed by atoms with Crippen LogP contribution in [-0.4, -0.2) is 35.1 Å². The van der Waals surface area contributed by atoms with Crippen LogP contribution in [0.25, 0.3) is 0 Å². The maximum atomic E-state index is 11.9. The molecule has 0 fully saturated rings. The number of rotatable bonds is 4. The van der Waals surface area contributed by atoms with Crippen molar-refractivity contribution in [2.75, 3.05) is 19.3 Å². The van der Waals surface area contributed by atoms with E-state index in [-0.39, 0.29) is 5.91 Å². The van der Waals surface area contributed by atoms with Gasteiger partial charge in [-0.25, -0.2) is 0 Å². The number of hydrogen-bond donors (Lipinski definition) is 2. The Labute approximate surface area is 102 Å². The summed E-state index contributed by atoms with van der Waals surface area (Å²) >= 11 is 0. The summed E-state index contributed by atoms with van der Waals surface area (Å²) in [4.78, 5) is 13.4. The highest BCUT2D eigenvalue weighted by Crippen LogP contribution is 2.10. The van der Waals surface area contributed by atoms with Gasteiger partial charge in [0.15, 0.2) is 0 Å². The van der Waals surface area contributed by atoms with Gasteiger partial charge >= 0.3 is 0 Å². The van der Waals surface area contributed by atoms with Crippen molar-refractivity contribution in [2.24, 2.45) is 0 Å². The van der Waals surface area contributed by atoms with Gasteiger partial charge in [-0.05, 0) is 31.5 Å². The van der Waals surface area contributed by atoms with E-state index >= 15 is 0 Å². The molecule has 4 nitrogen and oxygen atoms in total. The molecule has 0 atom stereocenters. The first-order valence-electron chi connectivity index (χ1n) is 5.59. The van der Waals surface area contributed by atoms with Gasteiger partial charge in [-0.2, -0.15) is 0 Å². The molecule has 0 unspecified atom stereocenters. The maximum absolute atomic E-state index is 11.9. The monoisotopic (exact) mass is 236 g/mol. The van der Waals surface area contributed by atoms with E-state index in [1.54, 1.807) is 33.0 Å². The average Bonchev–Trinajstić information content (AvgIpc) is 2.14. The molecule has 0 saturated carbocycles. The molecule has 0 aliphatic heterocycles. The summed E-state index contributed by atoms with van der Waals surface area (Å²) in [7, 11) is 1.69. The summed E-state index contributed by atoms with van der Waals surface area (Å²) in [5, 5.41) is 9.63. The van der Waals surface area contributed by atoms with Crippen LogP contribution < -0.4 is 5.73 Å². The number of likely N-dealkylation sites (N-methyl/N-ethyl adjacent to an activating group) is 1.